The molecule has 0 spiro atoms. The Kier molecular flexibility index (Phi) is 2.46. The number of ether oxygens (including phenoxy) is 1. The van der Waals surface area contributed by atoms with Crippen LogP contribution in [0.15, 0.2) is 28.9 Å². The van der Waals surface area contributed by atoms with Crippen LogP contribution in [0.25, 0.3) is 11.0 Å². The van der Waals surface area contributed by atoms with Crippen molar-refractivity contribution in [3.8, 4) is 0 Å². The number of aryl methyl sites for hydroxylation is 1. The van der Waals surface area contributed by atoms with E-state index in [1.807, 2.05) is 19.1 Å². The van der Waals surface area contributed by atoms with Crippen molar-refractivity contribution in [2.24, 2.45) is 0 Å². The number of carbonyl (C=O) groups is 1. The molecule has 3 heteroatoms. The Hall–Kier alpha value is -1.77. The van der Waals surface area contributed by atoms with Crippen LogP contribution in [0.3, 0.4) is 0 Å². The first-order valence-electron chi connectivity index (χ1n) is 4.88. The van der Waals surface area contributed by atoms with Crippen LogP contribution in [0.2, 0.25) is 0 Å². The molecule has 0 bridgehead atoms. The highest BCUT2D eigenvalue weighted by Crippen LogP contribution is 2.23. The van der Waals surface area contributed by atoms with E-state index in [0.29, 0.717) is 12.2 Å². The Morgan fingerprint density at radius 3 is 2.93 bits per heavy atom. The Morgan fingerprint density at radius 2 is 2.20 bits per heavy atom. The van der Waals surface area contributed by atoms with Crippen molar-refractivity contribution in [1.29, 1.82) is 0 Å². The van der Waals surface area contributed by atoms with Gasteiger partial charge in [-0.25, -0.2) is 4.79 Å². The largest absolute Gasteiger partial charge is 0.464 e. The van der Waals surface area contributed by atoms with E-state index >= 15 is 0 Å². The van der Waals surface area contributed by atoms with Gasteiger partial charge in [-0.3, -0.25) is 0 Å². The van der Waals surface area contributed by atoms with E-state index in [9.17, 15) is 4.79 Å². The van der Waals surface area contributed by atoms with Gasteiger partial charge >= 0.3 is 5.97 Å². The predicted octanol–water partition coefficient (Wildman–Crippen LogP) is 2.92. The number of hydrogen-bond acceptors (Lipinski definition) is 3. The zero-order chi connectivity index (χ0) is 10.8. The molecular weight excluding hydrogens is 192 g/mol. The highest BCUT2D eigenvalue weighted by molar-refractivity contribution is 5.96. The van der Waals surface area contributed by atoms with Gasteiger partial charge < -0.3 is 9.15 Å². The summed E-state index contributed by atoms with van der Waals surface area (Å²) in [6.45, 7) is 4.03. The molecule has 1 heterocycles. The first-order chi connectivity index (χ1) is 7.24. The van der Waals surface area contributed by atoms with Crippen LogP contribution in [0.4, 0.5) is 0 Å². The lowest BCUT2D eigenvalue weighted by Crippen LogP contribution is -2.06. The van der Waals surface area contributed by atoms with Crippen molar-refractivity contribution in [3.05, 3.63) is 35.6 Å². The Balaban J connectivity index is 2.52. The molecule has 0 radical (unpaired) electrons. The van der Waals surface area contributed by atoms with E-state index in [-0.39, 0.29) is 5.97 Å². The lowest BCUT2D eigenvalue weighted by atomic mass is 10.1. The smallest absolute Gasteiger partial charge is 0.338 e. The minimum Gasteiger partial charge on any atom is -0.464 e. The number of furan rings is 1. The van der Waals surface area contributed by atoms with Crippen LogP contribution in [0, 0.1) is 6.92 Å². The van der Waals surface area contributed by atoms with Gasteiger partial charge in [-0.15, -0.1) is 0 Å². The van der Waals surface area contributed by atoms with Crippen LogP contribution >= 0.6 is 0 Å². The normalized spacial score (nSPS) is 10.5. The van der Waals surface area contributed by atoms with Gasteiger partial charge in [0, 0.05) is 10.9 Å². The molecule has 0 amide bonds. The molecule has 0 aliphatic heterocycles. The fourth-order valence-corrected chi connectivity index (χ4v) is 1.61. The van der Waals surface area contributed by atoms with E-state index in [1.54, 1.807) is 19.3 Å². The van der Waals surface area contributed by atoms with Gasteiger partial charge in [-0.1, -0.05) is 6.07 Å². The zero-order valence-corrected chi connectivity index (χ0v) is 8.74. The summed E-state index contributed by atoms with van der Waals surface area (Å²) < 4.78 is 10.3. The second kappa shape index (κ2) is 3.77. The van der Waals surface area contributed by atoms with Crippen LogP contribution in [-0.4, -0.2) is 12.6 Å². The molecule has 78 valence electrons. The predicted molar refractivity (Wildman–Crippen MR) is 56.9 cm³/mol. The molecular formula is C12H12O3. The fourth-order valence-electron chi connectivity index (χ4n) is 1.61. The standard InChI is InChI=1S/C12H12O3/c1-3-14-12(13)10-5-4-9-6-7-15-11(9)8(10)2/h4-7H,3H2,1-2H3. The quantitative estimate of drug-likeness (QED) is 0.706. The van der Waals surface area contributed by atoms with E-state index in [4.69, 9.17) is 9.15 Å². The number of benzene rings is 1. The van der Waals surface area contributed by atoms with Crippen LogP contribution in [0.5, 0.6) is 0 Å². The minimum absolute atomic E-state index is 0.298. The second-order valence-corrected chi connectivity index (χ2v) is 3.30. The molecule has 0 saturated carbocycles. The van der Waals surface area contributed by atoms with Crippen molar-refractivity contribution in [1.82, 2.24) is 0 Å². The molecule has 2 rings (SSSR count). The van der Waals surface area contributed by atoms with Gasteiger partial charge in [0.05, 0.1) is 18.4 Å². The minimum atomic E-state index is -0.298. The Bertz CT molecular complexity index is 497. The zero-order valence-electron chi connectivity index (χ0n) is 8.74. The van der Waals surface area contributed by atoms with Crippen molar-refractivity contribution < 1.29 is 13.9 Å². The monoisotopic (exact) mass is 204 g/mol. The SMILES string of the molecule is CCOC(=O)c1ccc2ccoc2c1C. The van der Waals surface area contributed by atoms with E-state index < -0.39 is 0 Å². The molecule has 1 aromatic carbocycles. The lowest BCUT2D eigenvalue weighted by Gasteiger charge is -2.05. The third-order valence-electron chi connectivity index (χ3n) is 2.37. The van der Waals surface area contributed by atoms with Crippen molar-refractivity contribution in [2.45, 2.75) is 13.8 Å². The summed E-state index contributed by atoms with van der Waals surface area (Å²) in [5.41, 5.74) is 2.15. The molecule has 0 saturated heterocycles. The first kappa shape index (κ1) is 9.77. The maximum absolute atomic E-state index is 11.6. The van der Waals surface area contributed by atoms with Crippen molar-refractivity contribution in [3.63, 3.8) is 0 Å². The third-order valence-corrected chi connectivity index (χ3v) is 2.37. The molecule has 0 N–H and O–H groups in total. The maximum Gasteiger partial charge on any atom is 0.338 e. The molecule has 0 fully saturated rings. The van der Waals surface area contributed by atoms with Crippen LogP contribution in [0.1, 0.15) is 22.8 Å². The van der Waals surface area contributed by atoms with Crippen molar-refractivity contribution >= 4 is 16.9 Å². The fraction of sp³-hybridized carbons (Fsp3) is 0.250. The van der Waals surface area contributed by atoms with Crippen molar-refractivity contribution in [2.75, 3.05) is 6.61 Å². The summed E-state index contributed by atoms with van der Waals surface area (Å²) >= 11 is 0. The highest BCUT2D eigenvalue weighted by Gasteiger charge is 2.13. The molecule has 1 aromatic heterocycles. The molecule has 3 nitrogen and oxygen atoms in total. The molecule has 0 aliphatic rings. The highest BCUT2D eigenvalue weighted by atomic mass is 16.5. The summed E-state index contributed by atoms with van der Waals surface area (Å²) in [5.74, 6) is -0.298. The van der Waals surface area contributed by atoms with Gasteiger partial charge in [0.15, 0.2) is 0 Å². The van der Waals surface area contributed by atoms with E-state index in [2.05, 4.69) is 0 Å². The van der Waals surface area contributed by atoms with Crippen LogP contribution < -0.4 is 0 Å². The number of esters is 1. The second-order valence-electron chi connectivity index (χ2n) is 3.30. The van der Waals surface area contributed by atoms with Gasteiger partial charge in [0.2, 0.25) is 0 Å². The summed E-state index contributed by atoms with van der Waals surface area (Å²) in [5, 5.41) is 1.00. The Labute approximate surface area is 87.6 Å². The number of fused-ring (bicyclic) bond motifs is 1. The number of hydrogen-bond donors (Lipinski definition) is 0. The number of rotatable bonds is 2. The van der Waals surface area contributed by atoms with E-state index in [1.165, 1.54) is 0 Å². The van der Waals surface area contributed by atoms with Gasteiger partial charge in [0.25, 0.3) is 0 Å². The molecule has 2 aromatic rings. The van der Waals surface area contributed by atoms with Gasteiger partial charge in [-0.05, 0) is 26.0 Å². The average molecular weight is 204 g/mol. The topological polar surface area (TPSA) is 39.4 Å². The Morgan fingerprint density at radius 1 is 1.40 bits per heavy atom. The first-order valence-corrected chi connectivity index (χ1v) is 4.88. The van der Waals surface area contributed by atoms with Gasteiger partial charge in [0.1, 0.15) is 5.58 Å². The summed E-state index contributed by atoms with van der Waals surface area (Å²) in [6, 6.07) is 5.50. The summed E-state index contributed by atoms with van der Waals surface area (Å²) in [6.07, 6.45) is 1.62. The molecule has 0 atom stereocenters. The van der Waals surface area contributed by atoms with E-state index in [0.717, 1.165) is 16.5 Å². The molecule has 15 heavy (non-hydrogen) atoms. The average Bonchev–Trinajstić information content (AvgIpc) is 2.67. The molecule has 0 aliphatic carbocycles. The summed E-state index contributed by atoms with van der Waals surface area (Å²) in [4.78, 5) is 11.6. The number of carbonyl (C=O) groups excluding carboxylic acids is 1. The van der Waals surface area contributed by atoms with Gasteiger partial charge in [-0.2, -0.15) is 0 Å². The summed E-state index contributed by atoms with van der Waals surface area (Å²) in [7, 11) is 0. The maximum atomic E-state index is 11.6. The molecule has 0 unspecified atom stereocenters. The lowest BCUT2D eigenvalue weighted by molar-refractivity contribution is 0.0525. The van der Waals surface area contributed by atoms with Crippen LogP contribution in [-0.2, 0) is 4.74 Å². The third kappa shape index (κ3) is 1.61.